The summed E-state index contributed by atoms with van der Waals surface area (Å²) in [5, 5.41) is 14.9. The Bertz CT molecular complexity index is 996. The Labute approximate surface area is 195 Å². The van der Waals surface area contributed by atoms with Gasteiger partial charge < -0.3 is 10.2 Å². The number of piperazine rings is 1. The molecular weight excluding hydrogens is 446 g/mol. The Morgan fingerprint density at radius 3 is 2.30 bits per heavy atom. The van der Waals surface area contributed by atoms with Crippen LogP contribution in [0.15, 0.2) is 23.1 Å². The molecule has 0 aromatic heterocycles. The van der Waals surface area contributed by atoms with Gasteiger partial charge in [-0.1, -0.05) is 6.92 Å². The minimum atomic E-state index is -3.77. The molecule has 3 fully saturated rings. The second kappa shape index (κ2) is 9.55. The van der Waals surface area contributed by atoms with E-state index in [-0.39, 0.29) is 22.5 Å². The highest BCUT2D eigenvalue weighted by Gasteiger charge is 2.33. The van der Waals surface area contributed by atoms with Gasteiger partial charge in [-0.2, -0.15) is 4.31 Å². The highest BCUT2D eigenvalue weighted by atomic mass is 32.2. The quantitative estimate of drug-likeness (QED) is 0.468. The first-order chi connectivity index (χ1) is 15.7. The highest BCUT2D eigenvalue weighted by Crippen LogP contribution is 2.33. The number of nitrogens with zero attached hydrogens (tertiary/aromatic N) is 4. The monoisotopic (exact) mass is 479 g/mol. The van der Waals surface area contributed by atoms with Gasteiger partial charge in [0.15, 0.2) is 0 Å². The Balaban J connectivity index is 1.46. The van der Waals surface area contributed by atoms with Crippen LogP contribution in [-0.4, -0.2) is 79.8 Å². The van der Waals surface area contributed by atoms with Gasteiger partial charge in [-0.25, -0.2) is 8.42 Å². The van der Waals surface area contributed by atoms with Crippen molar-refractivity contribution in [3.05, 3.63) is 28.3 Å². The van der Waals surface area contributed by atoms with Gasteiger partial charge in [0.25, 0.3) is 5.69 Å². The van der Waals surface area contributed by atoms with Gasteiger partial charge in [-0.15, -0.1) is 0 Å². The topological polar surface area (TPSA) is 116 Å². The van der Waals surface area contributed by atoms with Gasteiger partial charge in [0.1, 0.15) is 5.69 Å². The second-order valence-electron chi connectivity index (χ2n) is 9.48. The summed E-state index contributed by atoms with van der Waals surface area (Å²) in [6, 6.07) is 4.29. The summed E-state index contributed by atoms with van der Waals surface area (Å²) in [7, 11) is -3.77. The van der Waals surface area contributed by atoms with E-state index in [9.17, 15) is 23.3 Å². The van der Waals surface area contributed by atoms with Crippen molar-refractivity contribution in [2.24, 2.45) is 5.92 Å². The normalized spacial score (nSPS) is 22.2. The van der Waals surface area contributed by atoms with E-state index in [2.05, 4.69) is 17.1 Å². The number of nitro benzene ring substituents is 1. The van der Waals surface area contributed by atoms with Gasteiger partial charge in [-0.3, -0.25) is 19.8 Å². The molecule has 1 atom stereocenters. The molecule has 1 unspecified atom stereocenters. The first kappa shape index (κ1) is 23.9. The molecule has 0 radical (unpaired) electrons. The molecule has 2 aliphatic heterocycles. The zero-order valence-corrected chi connectivity index (χ0v) is 20.1. The summed E-state index contributed by atoms with van der Waals surface area (Å²) >= 11 is 0. The third-order valence-electron chi connectivity index (χ3n) is 7.03. The highest BCUT2D eigenvalue weighted by molar-refractivity contribution is 7.89. The minimum absolute atomic E-state index is 0.0265. The molecule has 1 saturated carbocycles. The SMILES string of the molecule is CC1CCN(S(=O)(=O)c2ccc(N3CCN(C(C)C(=O)NC4CC4)CC3)c([N+](=O)[O-])c2)CC1. The van der Waals surface area contributed by atoms with E-state index in [1.54, 1.807) is 6.07 Å². The molecule has 4 rings (SSSR count). The number of hydrogen-bond acceptors (Lipinski definition) is 7. The van der Waals surface area contributed by atoms with Crippen LogP contribution in [-0.2, 0) is 14.8 Å². The predicted molar refractivity (Wildman–Crippen MR) is 125 cm³/mol. The van der Waals surface area contributed by atoms with E-state index < -0.39 is 14.9 Å². The molecule has 182 valence electrons. The van der Waals surface area contributed by atoms with Crippen LogP contribution < -0.4 is 10.2 Å². The largest absolute Gasteiger partial charge is 0.363 e. The van der Waals surface area contributed by atoms with E-state index in [1.807, 2.05) is 11.8 Å². The number of carbonyl (C=O) groups is 1. The van der Waals surface area contributed by atoms with Crippen molar-refractivity contribution in [2.45, 2.75) is 56.5 Å². The molecule has 33 heavy (non-hydrogen) atoms. The molecule has 0 spiro atoms. The van der Waals surface area contributed by atoms with Crippen molar-refractivity contribution in [2.75, 3.05) is 44.2 Å². The number of amides is 1. The van der Waals surface area contributed by atoms with Crippen molar-refractivity contribution < 1.29 is 18.1 Å². The maximum absolute atomic E-state index is 13.1. The average Bonchev–Trinajstić information content (AvgIpc) is 3.62. The van der Waals surface area contributed by atoms with Crippen LogP contribution >= 0.6 is 0 Å². The summed E-state index contributed by atoms with van der Waals surface area (Å²) in [6.07, 6.45) is 3.67. The maximum Gasteiger partial charge on any atom is 0.293 e. The smallest absolute Gasteiger partial charge is 0.293 e. The molecule has 2 heterocycles. The Kier molecular flexibility index (Phi) is 6.92. The van der Waals surface area contributed by atoms with Crippen LogP contribution in [0.25, 0.3) is 0 Å². The van der Waals surface area contributed by atoms with Crippen LogP contribution in [0.4, 0.5) is 11.4 Å². The van der Waals surface area contributed by atoms with E-state index in [1.165, 1.54) is 16.4 Å². The third kappa shape index (κ3) is 5.30. The number of nitro groups is 1. The fourth-order valence-corrected chi connectivity index (χ4v) is 6.01. The van der Waals surface area contributed by atoms with Crippen LogP contribution in [0.5, 0.6) is 0 Å². The van der Waals surface area contributed by atoms with Gasteiger partial charge in [0.05, 0.1) is 15.9 Å². The number of nitrogens with one attached hydrogen (secondary N) is 1. The van der Waals surface area contributed by atoms with Crippen LogP contribution in [0.3, 0.4) is 0 Å². The maximum atomic E-state index is 13.1. The van der Waals surface area contributed by atoms with Gasteiger partial charge >= 0.3 is 0 Å². The van der Waals surface area contributed by atoms with Crippen LogP contribution in [0.1, 0.15) is 39.5 Å². The predicted octanol–water partition coefficient (Wildman–Crippen LogP) is 1.80. The Morgan fingerprint density at radius 1 is 1.09 bits per heavy atom. The number of benzene rings is 1. The second-order valence-corrected chi connectivity index (χ2v) is 11.4. The van der Waals surface area contributed by atoms with Crippen molar-refractivity contribution >= 4 is 27.3 Å². The fourth-order valence-electron chi connectivity index (χ4n) is 4.52. The van der Waals surface area contributed by atoms with Crippen LogP contribution in [0, 0.1) is 16.0 Å². The van der Waals surface area contributed by atoms with Gasteiger partial charge in [0, 0.05) is 51.4 Å². The molecule has 3 aliphatic rings. The zero-order chi connectivity index (χ0) is 23.8. The number of sulfonamides is 1. The lowest BCUT2D eigenvalue weighted by Crippen LogP contribution is -2.54. The van der Waals surface area contributed by atoms with Crippen LogP contribution in [0.2, 0.25) is 0 Å². The molecule has 0 bridgehead atoms. The summed E-state index contributed by atoms with van der Waals surface area (Å²) in [5.41, 5.74) is 0.218. The van der Waals surface area contributed by atoms with Gasteiger partial charge in [-0.05, 0) is 50.7 Å². The average molecular weight is 480 g/mol. The molecule has 11 heteroatoms. The molecule has 10 nitrogen and oxygen atoms in total. The molecule has 1 aromatic carbocycles. The fraction of sp³-hybridized carbons (Fsp3) is 0.682. The summed E-state index contributed by atoms with van der Waals surface area (Å²) in [6.45, 7) is 7.11. The number of rotatable bonds is 7. The molecule has 2 saturated heterocycles. The summed E-state index contributed by atoms with van der Waals surface area (Å²) in [4.78, 5) is 27.6. The third-order valence-corrected chi connectivity index (χ3v) is 8.92. The Morgan fingerprint density at radius 2 is 1.73 bits per heavy atom. The minimum Gasteiger partial charge on any atom is -0.363 e. The molecule has 1 aromatic rings. The lowest BCUT2D eigenvalue weighted by Gasteiger charge is -2.38. The van der Waals surface area contributed by atoms with Crippen molar-refractivity contribution in [3.63, 3.8) is 0 Å². The molecular formula is C22H33N5O5S. The van der Waals surface area contributed by atoms with Crippen molar-refractivity contribution in [1.29, 1.82) is 0 Å². The summed E-state index contributed by atoms with van der Waals surface area (Å²) in [5.74, 6) is 0.507. The lowest BCUT2D eigenvalue weighted by atomic mass is 10.0. The van der Waals surface area contributed by atoms with E-state index in [0.717, 1.165) is 25.7 Å². The zero-order valence-electron chi connectivity index (χ0n) is 19.3. The first-order valence-corrected chi connectivity index (χ1v) is 13.2. The van der Waals surface area contributed by atoms with E-state index in [4.69, 9.17) is 0 Å². The standard InChI is InChI=1S/C22H33N5O5S/c1-16-7-9-26(10-8-16)33(31,32)19-5-6-20(21(15-19)27(29)30)25-13-11-24(12-14-25)17(2)22(28)23-18-3-4-18/h5-6,15-18H,3-4,7-14H2,1-2H3,(H,23,28). The Hall–Kier alpha value is -2.24. The number of anilines is 1. The summed E-state index contributed by atoms with van der Waals surface area (Å²) < 4.78 is 27.6. The van der Waals surface area contributed by atoms with Crippen molar-refractivity contribution in [1.82, 2.24) is 14.5 Å². The number of carbonyl (C=O) groups excluding carboxylic acids is 1. The number of piperidine rings is 1. The molecule has 1 amide bonds. The lowest BCUT2D eigenvalue weighted by molar-refractivity contribution is -0.384. The van der Waals surface area contributed by atoms with Crippen molar-refractivity contribution in [3.8, 4) is 0 Å². The number of hydrogen-bond donors (Lipinski definition) is 1. The first-order valence-electron chi connectivity index (χ1n) is 11.7. The molecule has 1 aliphatic carbocycles. The van der Waals surface area contributed by atoms with E-state index >= 15 is 0 Å². The van der Waals surface area contributed by atoms with E-state index in [0.29, 0.717) is 56.9 Å². The molecule has 1 N–H and O–H groups in total. The van der Waals surface area contributed by atoms with Gasteiger partial charge in [0.2, 0.25) is 15.9 Å².